The molecular weight excluding hydrogens is 313 g/mol. The maximum Gasteiger partial charge on any atom is 0.222 e. The topological polar surface area (TPSA) is 69.6 Å². The molecule has 3 N–H and O–H groups in total. The molecule has 21 heavy (non-hydrogen) atoms. The van der Waals surface area contributed by atoms with E-state index in [9.17, 15) is 15.0 Å². The zero-order valence-electron chi connectivity index (χ0n) is 12.1. The predicted octanol–water partition coefficient (Wildman–Crippen LogP) is 2.94. The van der Waals surface area contributed by atoms with E-state index >= 15 is 0 Å². The van der Waals surface area contributed by atoms with Gasteiger partial charge in [0.05, 0.1) is 18.6 Å². The maximum absolute atomic E-state index is 11.8. The summed E-state index contributed by atoms with van der Waals surface area (Å²) in [5, 5.41) is 22.9. The maximum atomic E-state index is 11.8. The summed E-state index contributed by atoms with van der Waals surface area (Å²) in [6.45, 7) is 4.12. The van der Waals surface area contributed by atoms with Crippen molar-refractivity contribution in [1.29, 1.82) is 0 Å². The van der Waals surface area contributed by atoms with Gasteiger partial charge in [-0.2, -0.15) is 0 Å². The van der Waals surface area contributed by atoms with E-state index in [1.165, 1.54) is 0 Å². The van der Waals surface area contributed by atoms with Crippen LogP contribution in [0.15, 0.2) is 18.2 Å². The molecule has 3 atom stereocenters. The number of carbonyl (C=O) groups excluding carboxylic acids is 1. The zero-order valence-corrected chi connectivity index (χ0v) is 13.7. The average Bonchev–Trinajstić information content (AvgIpc) is 2.34. The summed E-state index contributed by atoms with van der Waals surface area (Å²) < 4.78 is 0. The van der Waals surface area contributed by atoms with Crippen LogP contribution < -0.4 is 5.32 Å². The smallest absolute Gasteiger partial charge is 0.222 e. The molecule has 0 spiro atoms. The van der Waals surface area contributed by atoms with Crippen LogP contribution in [0.1, 0.15) is 38.4 Å². The van der Waals surface area contributed by atoms with Crippen molar-refractivity contribution in [3.63, 3.8) is 0 Å². The summed E-state index contributed by atoms with van der Waals surface area (Å²) in [4.78, 5) is 11.8. The van der Waals surface area contributed by atoms with Gasteiger partial charge < -0.3 is 15.5 Å². The van der Waals surface area contributed by atoms with Crippen molar-refractivity contribution in [2.45, 2.75) is 38.9 Å². The second-order valence-corrected chi connectivity index (χ2v) is 6.29. The second kappa shape index (κ2) is 8.59. The highest BCUT2D eigenvalue weighted by atomic mass is 35.5. The Balaban J connectivity index is 2.47. The van der Waals surface area contributed by atoms with Gasteiger partial charge in [-0.3, -0.25) is 4.79 Å². The Labute approximate surface area is 135 Å². The molecule has 118 valence electrons. The average molecular weight is 334 g/mol. The van der Waals surface area contributed by atoms with E-state index in [4.69, 9.17) is 23.2 Å². The Kier molecular flexibility index (Phi) is 7.46. The van der Waals surface area contributed by atoms with Crippen LogP contribution in [0.5, 0.6) is 0 Å². The normalized spacial score (nSPS) is 15.3. The first-order valence-electron chi connectivity index (χ1n) is 6.86. The molecule has 0 aliphatic rings. The Hall–Kier alpha value is -0.810. The summed E-state index contributed by atoms with van der Waals surface area (Å²) in [5.74, 6) is -0.0808. The largest absolute Gasteiger partial charge is 0.393 e. The molecule has 6 heteroatoms. The lowest BCUT2D eigenvalue weighted by Gasteiger charge is -2.16. The molecule has 0 fully saturated rings. The fourth-order valence-corrected chi connectivity index (χ4v) is 2.63. The van der Waals surface area contributed by atoms with Crippen molar-refractivity contribution in [2.75, 3.05) is 6.54 Å². The number of carbonyl (C=O) groups is 1. The monoisotopic (exact) mass is 333 g/mol. The summed E-state index contributed by atoms with van der Waals surface area (Å²) >= 11 is 11.7. The van der Waals surface area contributed by atoms with Gasteiger partial charge in [0.15, 0.2) is 0 Å². The summed E-state index contributed by atoms with van der Waals surface area (Å²) in [7, 11) is 0. The van der Waals surface area contributed by atoms with E-state index in [0.717, 1.165) is 0 Å². The van der Waals surface area contributed by atoms with Gasteiger partial charge in [0.2, 0.25) is 5.91 Å². The number of halogens is 2. The standard InChI is InChI=1S/C15H21Cl2NO3/c1-9(3-10(2)19)8-18-15(21)7-14(20)11-4-12(16)6-13(17)5-11/h4-6,9-10,14,19-20H,3,7-8H2,1-2H3,(H,18,21). The first-order valence-corrected chi connectivity index (χ1v) is 7.62. The van der Waals surface area contributed by atoms with E-state index in [1.54, 1.807) is 25.1 Å². The fraction of sp³-hybridized carbons (Fsp3) is 0.533. The molecule has 1 aromatic carbocycles. The number of hydrogen-bond donors (Lipinski definition) is 3. The van der Waals surface area contributed by atoms with Crippen LogP contribution in [0.4, 0.5) is 0 Å². The van der Waals surface area contributed by atoms with Crippen LogP contribution in [0.25, 0.3) is 0 Å². The van der Waals surface area contributed by atoms with E-state index in [2.05, 4.69) is 5.32 Å². The lowest BCUT2D eigenvalue weighted by Crippen LogP contribution is -2.30. The van der Waals surface area contributed by atoms with Crippen LogP contribution in [-0.2, 0) is 4.79 Å². The molecule has 3 unspecified atom stereocenters. The molecule has 1 rings (SSSR count). The Bertz CT molecular complexity index is 460. The number of rotatable bonds is 7. The Morgan fingerprint density at radius 1 is 1.19 bits per heavy atom. The van der Waals surface area contributed by atoms with Crippen LogP contribution >= 0.6 is 23.2 Å². The number of benzene rings is 1. The first kappa shape index (κ1) is 18.2. The van der Waals surface area contributed by atoms with Gasteiger partial charge in [0, 0.05) is 16.6 Å². The van der Waals surface area contributed by atoms with Crippen molar-refractivity contribution in [2.24, 2.45) is 5.92 Å². The minimum Gasteiger partial charge on any atom is -0.393 e. The van der Waals surface area contributed by atoms with Crippen molar-refractivity contribution in [3.05, 3.63) is 33.8 Å². The minimum absolute atomic E-state index is 0.0575. The molecule has 0 saturated carbocycles. The molecule has 4 nitrogen and oxygen atoms in total. The van der Waals surface area contributed by atoms with Gasteiger partial charge in [-0.05, 0) is 43.0 Å². The number of aliphatic hydroxyl groups is 2. The van der Waals surface area contributed by atoms with Crippen molar-refractivity contribution >= 4 is 29.1 Å². The highest BCUT2D eigenvalue weighted by molar-refractivity contribution is 6.34. The van der Waals surface area contributed by atoms with Crippen molar-refractivity contribution in [3.8, 4) is 0 Å². The highest BCUT2D eigenvalue weighted by Gasteiger charge is 2.15. The van der Waals surface area contributed by atoms with Gasteiger partial charge in [-0.1, -0.05) is 30.1 Å². The Morgan fingerprint density at radius 3 is 2.29 bits per heavy atom. The number of nitrogens with one attached hydrogen (secondary N) is 1. The van der Waals surface area contributed by atoms with Gasteiger partial charge in [-0.15, -0.1) is 0 Å². The zero-order chi connectivity index (χ0) is 16.0. The molecule has 0 saturated heterocycles. The van der Waals surface area contributed by atoms with E-state index in [-0.39, 0.29) is 18.2 Å². The number of amides is 1. The third-order valence-corrected chi connectivity index (χ3v) is 3.48. The molecule has 0 aromatic heterocycles. The van der Waals surface area contributed by atoms with Gasteiger partial charge in [0.25, 0.3) is 0 Å². The van der Waals surface area contributed by atoms with Gasteiger partial charge in [0.1, 0.15) is 0 Å². The first-order chi connectivity index (χ1) is 9.77. The third-order valence-electron chi connectivity index (χ3n) is 3.04. The summed E-state index contributed by atoms with van der Waals surface area (Å²) in [6, 6.07) is 4.74. The van der Waals surface area contributed by atoms with E-state index < -0.39 is 12.2 Å². The number of aliphatic hydroxyl groups excluding tert-OH is 2. The Morgan fingerprint density at radius 2 is 1.76 bits per heavy atom. The molecule has 0 aliphatic carbocycles. The fourth-order valence-electron chi connectivity index (χ4n) is 2.09. The SMILES string of the molecule is CC(O)CC(C)CNC(=O)CC(O)c1cc(Cl)cc(Cl)c1. The van der Waals surface area contributed by atoms with Crippen LogP contribution in [0, 0.1) is 5.92 Å². The van der Waals surface area contributed by atoms with Gasteiger partial charge in [-0.25, -0.2) is 0 Å². The molecule has 1 amide bonds. The van der Waals surface area contributed by atoms with Crippen LogP contribution in [-0.4, -0.2) is 28.8 Å². The lowest BCUT2D eigenvalue weighted by atomic mass is 10.0. The van der Waals surface area contributed by atoms with Crippen LogP contribution in [0.3, 0.4) is 0 Å². The molecule has 0 radical (unpaired) electrons. The summed E-state index contributed by atoms with van der Waals surface area (Å²) in [5.41, 5.74) is 0.514. The molecule has 0 aliphatic heterocycles. The van der Waals surface area contributed by atoms with Crippen LogP contribution in [0.2, 0.25) is 10.0 Å². The minimum atomic E-state index is -0.951. The summed E-state index contributed by atoms with van der Waals surface area (Å²) in [6.07, 6.45) is -0.783. The van der Waals surface area contributed by atoms with Crippen molar-refractivity contribution < 1.29 is 15.0 Å². The van der Waals surface area contributed by atoms with E-state index in [0.29, 0.717) is 28.6 Å². The van der Waals surface area contributed by atoms with Gasteiger partial charge >= 0.3 is 0 Å². The van der Waals surface area contributed by atoms with Crippen molar-refractivity contribution in [1.82, 2.24) is 5.32 Å². The lowest BCUT2D eigenvalue weighted by molar-refractivity contribution is -0.123. The number of hydrogen-bond acceptors (Lipinski definition) is 3. The third kappa shape index (κ3) is 7.14. The molecular formula is C15H21Cl2NO3. The quantitative estimate of drug-likeness (QED) is 0.718. The highest BCUT2D eigenvalue weighted by Crippen LogP contribution is 2.25. The molecule has 1 aromatic rings. The molecule has 0 bridgehead atoms. The van der Waals surface area contributed by atoms with E-state index in [1.807, 2.05) is 6.92 Å². The second-order valence-electron chi connectivity index (χ2n) is 5.42. The predicted molar refractivity (Wildman–Crippen MR) is 84.5 cm³/mol. The molecule has 0 heterocycles.